The summed E-state index contributed by atoms with van der Waals surface area (Å²) in [7, 11) is 3.28. The van der Waals surface area contributed by atoms with Crippen LogP contribution in [0.1, 0.15) is 5.56 Å². The molecule has 3 amide bonds. The van der Waals surface area contributed by atoms with E-state index in [1.807, 2.05) is 30.3 Å². The van der Waals surface area contributed by atoms with E-state index in [2.05, 4.69) is 10.6 Å². The van der Waals surface area contributed by atoms with Crippen LogP contribution in [0.3, 0.4) is 0 Å². The second-order valence-electron chi connectivity index (χ2n) is 5.27. The predicted molar refractivity (Wildman–Crippen MR) is 92.9 cm³/mol. The van der Waals surface area contributed by atoms with E-state index >= 15 is 0 Å². The van der Waals surface area contributed by atoms with Gasteiger partial charge in [-0.05, 0) is 29.8 Å². The first-order chi connectivity index (χ1) is 11.6. The van der Waals surface area contributed by atoms with Crippen molar-refractivity contribution in [3.63, 3.8) is 0 Å². The number of rotatable bonds is 6. The molecule has 6 nitrogen and oxygen atoms in total. The zero-order chi connectivity index (χ0) is 17.4. The molecule has 0 saturated heterocycles. The van der Waals surface area contributed by atoms with Crippen molar-refractivity contribution in [2.24, 2.45) is 0 Å². The van der Waals surface area contributed by atoms with Gasteiger partial charge >= 0.3 is 6.03 Å². The van der Waals surface area contributed by atoms with Gasteiger partial charge in [-0.2, -0.15) is 0 Å². The topological polar surface area (TPSA) is 70.7 Å². The zero-order valence-electron chi connectivity index (χ0n) is 13.8. The van der Waals surface area contributed by atoms with Crippen molar-refractivity contribution in [3.05, 3.63) is 60.2 Å². The van der Waals surface area contributed by atoms with Crippen molar-refractivity contribution in [3.8, 4) is 5.75 Å². The smallest absolute Gasteiger partial charge is 0.319 e. The number of nitrogens with zero attached hydrogens (tertiary/aromatic N) is 1. The highest BCUT2D eigenvalue weighted by atomic mass is 16.5. The van der Waals surface area contributed by atoms with Gasteiger partial charge in [0.15, 0.2) is 0 Å². The van der Waals surface area contributed by atoms with E-state index in [0.717, 1.165) is 5.56 Å². The minimum atomic E-state index is -0.429. The molecule has 2 N–H and O–H groups in total. The average Bonchev–Trinajstić information content (AvgIpc) is 2.61. The Morgan fingerprint density at radius 1 is 1.04 bits per heavy atom. The van der Waals surface area contributed by atoms with Gasteiger partial charge < -0.3 is 20.3 Å². The number of carbonyl (C=O) groups excluding carboxylic acids is 2. The number of methoxy groups -OCH3 is 1. The Balaban J connectivity index is 1.76. The molecule has 2 aromatic rings. The molecule has 0 aliphatic heterocycles. The monoisotopic (exact) mass is 327 g/mol. The van der Waals surface area contributed by atoms with Crippen LogP contribution >= 0.6 is 0 Å². The number of ether oxygens (including phenoxy) is 1. The summed E-state index contributed by atoms with van der Waals surface area (Å²) in [4.78, 5) is 25.5. The summed E-state index contributed by atoms with van der Waals surface area (Å²) < 4.78 is 5.05. The molecule has 0 fully saturated rings. The summed E-state index contributed by atoms with van der Waals surface area (Å²) in [6.45, 7) is 0.437. The lowest BCUT2D eigenvalue weighted by atomic mass is 10.2. The van der Waals surface area contributed by atoms with E-state index in [0.29, 0.717) is 18.0 Å². The van der Waals surface area contributed by atoms with E-state index in [-0.39, 0.29) is 12.5 Å². The van der Waals surface area contributed by atoms with Gasteiger partial charge in [0.1, 0.15) is 5.75 Å². The fourth-order valence-corrected chi connectivity index (χ4v) is 2.09. The maximum absolute atomic E-state index is 12.1. The number of carbonyl (C=O) groups is 2. The molecule has 0 saturated carbocycles. The van der Waals surface area contributed by atoms with Crippen LogP contribution in [0.25, 0.3) is 0 Å². The summed E-state index contributed by atoms with van der Waals surface area (Å²) >= 11 is 0. The molecule has 2 rings (SSSR count). The lowest BCUT2D eigenvalue weighted by Crippen LogP contribution is -2.39. The van der Waals surface area contributed by atoms with Crippen molar-refractivity contribution in [1.82, 2.24) is 10.2 Å². The van der Waals surface area contributed by atoms with Gasteiger partial charge in [-0.25, -0.2) is 4.79 Å². The van der Waals surface area contributed by atoms with Crippen molar-refractivity contribution >= 4 is 17.6 Å². The molecule has 126 valence electrons. The number of amides is 3. The Morgan fingerprint density at radius 2 is 1.71 bits per heavy atom. The van der Waals surface area contributed by atoms with Crippen molar-refractivity contribution < 1.29 is 14.3 Å². The fourth-order valence-electron chi connectivity index (χ4n) is 2.09. The third kappa shape index (κ3) is 5.31. The number of urea groups is 1. The molecule has 24 heavy (non-hydrogen) atoms. The number of likely N-dealkylation sites (N-methyl/N-ethyl adjacent to an activating group) is 1. The molecule has 0 spiro atoms. The molecule has 2 aromatic carbocycles. The molecule has 6 heteroatoms. The third-order valence-corrected chi connectivity index (χ3v) is 3.44. The lowest BCUT2D eigenvalue weighted by Gasteiger charge is -2.17. The van der Waals surface area contributed by atoms with Crippen LogP contribution in [0.5, 0.6) is 5.75 Å². The highest BCUT2D eigenvalue weighted by molar-refractivity contribution is 5.92. The van der Waals surface area contributed by atoms with Crippen molar-refractivity contribution in [1.29, 1.82) is 0 Å². The molecule has 0 aliphatic rings. The van der Waals surface area contributed by atoms with E-state index in [1.165, 1.54) is 0 Å². The van der Waals surface area contributed by atoms with E-state index < -0.39 is 6.03 Å². The van der Waals surface area contributed by atoms with Crippen LogP contribution in [0.15, 0.2) is 54.6 Å². The molecule has 0 radical (unpaired) electrons. The number of hydrogen-bond acceptors (Lipinski definition) is 3. The molecular weight excluding hydrogens is 306 g/mol. The first-order valence-electron chi connectivity index (χ1n) is 7.55. The van der Waals surface area contributed by atoms with Crippen LogP contribution < -0.4 is 15.4 Å². The van der Waals surface area contributed by atoms with E-state index in [1.54, 1.807) is 43.3 Å². The van der Waals surface area contributed by atoms with Crippen molar-refractivity contribution in [2.75, 3.05) is 26.0 Å². The first-order valence-corrected chi connectivity index (χ1v) is 7.55. The minimum Gasteiger partial charge on any atom is -0.497 e. The molecule has 0 atom stereocenters. The second-order valence-corrected chi connectivity index (χ2v) is 5.27. The SMILES string of the molecule is COc1ccc(NC(=O)NCC(=O)N(C)Cc2ccccc2)cc1. The Labute approximate surface area is 141 Å². The number of anilines is 1. The molecule has 0 aromatic heterocycles. The van der Waals surface area contributed by atoms with Crippen molar-refractivity contribution in [2.45, 2.75) is 6.54 Å². The molecule has 0 bridgehead atoms. The van der Waals surface area contributed by atoms with Gasteiger partial charge in [-0.3, -0.25) is 4.79 Å². The summed E-state index contributed by atoms with van der Waals surface area (Å²) in [5.74, 6) is 0.544. The fraction of sp³-hybridized carbons (Fsp3) is 0.222. The van der Waals surface area contributed by atoms with E-state index in [9.17, 15) is 9.59 Å². The van der Waals surface area contributed by atoms with Gasteiger partial charge in [-0.15, -0.1) is 0 Å². The summed E-state index contributed by atoms with van der Waals surface area (Å²) in [6.07, 6.45) is 0. The standard InChI is InChI=1S/C18H21N3O3/c1-21(13-14-6-4-3-5-7-14)17(22)12-19-18(23)20-15-8-10-16(24-2)11-9-15/h3-11H,12-13H2,1-2H3,(H2,19,20,23). The molecule has 0 heterocycles. The number of benzene rings is 2. The highest BCUT2D eigenvalue weighted by Crippen LogP contribution is 2.14. The first kappa shape index (κ1) is 17.3. The maximum atomic E-state index is 12.1. The largest absolute Gasteiger partial charge is 0.497 e. The Kier molecular flexibility index (Phi) is 6.19. The average molecular weight is 327 g/mol. The van der Waals surface area contributed by atoms with E-state index in [4.69, 9.17) is 4.74 Å². The Morgan fingerprint density at radius 3 is 2.33 bits per heavy atom. The molecular formula is C18H21N3O3. The number of nitrogens with one attached hydrogen (secondary N) is 2. The maximum Gasteiger partial charge on any atom is 0.319 e. The van der Waals surface area contributed by atoms with Gasteiger partial charge in [0.25, 0.3) is 0 Å². The van der Waals surface area contributed by atoms with Gasteiger partial charge in [0.2, 0.25) is 5.91 Å². The van der Waals surface area contributed by atoms with Crippen LogP contribution in [0.2, 0.25) is 0 Å². The number of hydrogen-bond donors (Lipinski definition) is 2. The molecule has 0 unspecified atom stereocenters. The Hall–Kier alpha value is -3.02. The van der Waals surface area contributed by atoms with Gasteiger partial charge in [0, 0.05) is 19.3 Å². The summed E-state index contributed by atoms with van der Waals surface area (Å²) in [5, 5.41) is 5.21. The van der Waals surface area contributed by atoms with Crippen LogP contribution in [0, 0.1) is 0 Å². The Bertz CT molecular complexity index is 672. The van der Waals surface area contributed by atoms with Crippen LogP contribution in [-0.4, -0.2) is 37.5 Å². The second kappa shape index (κ2) is 8.57. The summed E-state index contributed by atoms with van der Waals surface area (Å²) in [5.41, 5.74) is 1.66. The zero-order valence-corrected chi connectivity index (χ0v) is 13.8. The van der Waals surface area contributed by atoms with Crippen LogP contribution in [-0.2, 0) is 11.3 Å². The lowest BCUT2D eigenvalue weighted by molar-refractivity contribution is -0.129. The predicted octanol–water partition coefficient (Wildman–Crippen LogP) is 2.48. The summed E-state index contributed by atoms with van der Waals surface area (Å²) in [6, 6.07) is 16.2. The minimum absolute atomic E-state index is 0.0642. The normalized spacial score (nSPS) is 9.92. The van der Waals surface area contributed by atoms with Crippen LogP contribution in [0.4, 0.5) is 10.5 Å². The van der Waals surface area contributed by atoms with Gasteiger partial charge in [-0.1, -0.05) is 30.3 Å². The van der Waals surface area contributed by atoms with Gasteiger partial charge in [0.05, 0.1) is 13.7 Å². The quantitative estimate of drug-likeness (QED) is 0.856. The highest BCUT2D eigenvalue weighted by Gasteiger charge is 2.11. The third-order valence-electron chi connectivity index (χ3n) is 3.44. The molecule has 0 aliphatic carbocycles.